The van der Waals surface area contributed by atoms with Crippen molar-refractivity contribution < 1.29 is 80.2 Å². The molecular formula is C76H148O17P2. The molecule has 19 heteroatoms. The van der Waals surface area contributed by atoms with Crippen molar-refractivity contribution in [2.24, 2.45) is 5.92 Å². The Balaban J connectivity index is 5.19. The van der Waals surface area contributed by atoms with Crippen LogP contribution in [0, 0.1) is 5.92 Å². The second-order valence-corrected chi connectivity index (χ2v) is 30.8. The van der Waals surface area contributed by atoms with Gasteiger partial charge in [0.1, 0.15) is 19.3 Å². The second-order valence-electron chi connectivity index (χ2n) is 27.9. The number of carbonyl (C=O) groups is 4. The minimum Gasteiger partial charge on any atom is -0.462 e. The third-order valence-electron chi connectivity index (χ3n) is 17.8. The minimum absolute atomic E-state index is 0.108. The first kappa shape index (κ1) is 93.1. The van der Waals surface area contributed by atoms with E-state index in [1.165, 1.54) is 212 Å². The quantitative estimate of drug-likeness (QED) is 0.0222. The predicted molar refractivity (Wildman–Crippen MR) is 386 cm³/mol. The molecule has 0 rings (SSSR count). The lowest BCUT2D eigenvalue weighted by molar-refractivity contribution is -0.161. The van der Waals surface area contributed by atoms with Gasteiger partial charge in [0.05, 0.1) is 26.4 Å². The van der Waals surface area contributed by atoms with E-state index in [1.54, 1.807) is 0 Å². The van der Waals surface area contributed by atoms with E-state index in [0.29, 0.717) is 25.7 Å². The number of unbranched alkanes of at least 4 members (excludes halogenated alkanes) is 48. The lowest BCUT2D eigenvalue weighted by atomic mass is 10.0. The summed E-state index contributed by atoms with van der Waals surface area (Å²) in [5, 5.41) is 10.6. The Morgan fingerprint density at radius 2 is 0.484 bits per heavy atom. The van der Waals surface area contributed by atoms with Gasteiger partial charge in [-0.05, 0) is 31.6 Å². The fourth-order valence-corrected chi connectivity index (χ4v) is 13.3. The van der Waals surface area contributed by atoms with E-state index in [1.807, 2.05) is 0 Å². The summed E-state index contributed by atoms with van der Waals surface area (Å²) in [4.78, 5) is 72.7. The molecule has 0 aliphatic heterocycles. The van der Waals surface area contributed by atoms with Crippen molar-refractivity contribution in [3.8, 4) is 0 Å². The number of aliphatic hydroxyl groups is 1. The zero-order valence-electron chi connectivity index (χ0n) is 61.8. The van der Waals surface area contributed by atoms with E-state index in [0.717, 1.165) is 109 Å². The SMILES string of the molecule is CCCCCCCCCCCCCCCCCCCCC(=O)O[C@H](COC(=O)CCCCCCCCCCCCCCCC(C)C)COP(=O)(O)OC[C@@H](O)COP(=O)(O)OC[C@@H](COC(=O)CCCCCCCCC)OC(=O)CCCCCCCCCCCCCCCC. The van der Waals surface area contributed by atoms with Crippen LogP contribution in [0.25, 0.3) is 0 Å². The number of rotatable bonds is 76. The molecule has 17 nitrogen and oxygen atoms in total. The summed E-state index contributed by atoms with van der Waals surface area (Å²) >= 11 is 0. The summed E-state index contributed by atoms with van der Waals surface area (Å²) in [6.45, 7) is 7.28. The molecule has 3 N–H and O–H groups in total. The maximum absolute atomic E-state index is 13.1. The van der Waals surface area contributed by atoms with E-state index in [2.05, 4.69) is 34.6 Å². The molecule has 0 aliphatic carbocycles. The number of aliphatic hydroxyl groups excluding tert-OH is 1. The van der Waals surface area contributed by atoms with Crippen molar-refractivity contribution in [3.05, 3.63) is 0 Å². The number of phosphoric ester groups is 2. The van der Waals surface area contributed by atoms with E-state index >= 15 is 0 Å². The number of hydrogen-bond acceptors (Lipinski definition) is 15. The molecule has 2 unspecified atom stereocenters. The molecule has 0 fully saturated rings. The summed E-state index contributed by atoms with van der Waals surface area (Å²) in [5.74, 6) is -1.33. The van der Waals surface area contributed by atoms with Crippen LogP contribution in [-0.4, -0.2) is 96.7 Å². The van der Waals surface area contributed by atoms with E-state index in [4.69, 9.17) is 37.0 Å². The average Bonchev–Trinajstić information content (AvgIpc) is 2.19. The molecule has 0 aromatic rings. The van der Waals surface area contributed by atoms with Crippen molar-refractivity contribution in [1.29, 1.82) is 0 Å². The predicted octanol–water partition coefficient (Wildman–Crippen LogP) is 22.5. The summed E-state index contributed by atoms with van der Waals surface area (Å²) in [7, 11) is -9.90. The Labute approximate surface area is 581 Å². The van der Waals surface area contributed by atoms with Gasteiger partial charge < -0.3 is 33.8 Å². The topological polar surface area (TPSA) is 237 Å². The second kappa shape index (κ2) is 69.2. The van der Waals surface area contributed by atoms with Crippen molar-refractivity contribution in [1.82, 2.24) is 0 Å². The number of hydrogen-bond donors (Lipinski definition) is 3. The van der Waals surface area contributed by atoms with Crippen LogP contribution in [0.3, 0.4) is 0 Å². The first-order chi connectivity index (χ1) is 46.0. The molecule has 95 heavy (non-hydrogen) atoms. The van der Waals surface area contributed by atoms with Crippen LogP contribution in [-0.2, 0) is 65.4 Å². The highest BCUT2D eigenvalue weighted by molar-refractivity contribution is 7.47. The molecule has 0 aromatic carbocycles. The maximum Gasteiger partial charge on any atom is 0.472 e. The molecule has 0 saturated carbocycles. The van der Waals surface area contributed by atoms with Crippen LogP contribution in [0.1, 0.15) is 401 Å². The van der Waals surface area contributed by atoms with Gasteiger partial charge in [-0.25, -0.2) is 9.13 Å². The Bertz CT molecular complexity index is 1820. The highest BCUT2D eigenvalue weighted by Crippen LogP contribution is 2.45. The lowest BCUT2D eigenvalue weighted by Crippen LogP contribution is -2.30. The molecule has 0 heterocycles. The maximum atomic E-state index is 13.1. The van der Waals surface area contributed by atoms with Crippen LogP contribution in [0.5, 0.6) is 0 Å². The largest absolute Gasteiger partial charge is 0.472 e. The first-order valence-corrected chi connectivity index (χ1v) is 42.6. The van der Waals surface area contributed by atoms with E-state index in [-0.39, 0.29) is 25.7 Å². The Hall–Kier alpha value is -1.94. The fraction of sp³-hybridized carbons (Fsp3) is 0.947. The summed E-state index contributed by atoms with van der Waals surface area (Å²) in [5.41, 5.74) is 0. The monoisotopic (exact) mass is 1400 g/mol. The van der Waals surface area contributed by atoms with Gasteiger partial charge in [-0.1, -0.05) is 349 Å². The molecule has 0 radical (unpaired) electrons. The number of carbonyl (C=O) groups excluding carboxylic acids is 4. The van der Waals surface area contributed by atoms with Crippen LogP contribution in [0.4, 0.5) is 0 Å². The zero-order chi connectivity index (χ0) is 69.8. The molecule has 0 saturated heterocycles. The summed E-state index contributed by atoms with van der Waals surface area (Å²) in [6, 6.07) is 0. The van der Waals surface area contributed by atoms with Gasteiger partial charge in [-0.2, -0.15) is 0 Å². The van der Waals surface area contributed by atoms with Crippen molar-refractivity contribution in [2.45, 2.75) is 419 Å². The smallest absolute Gasteiger partial charge is 0.462 e. The van der Waals surface area contributed by atoms with Gasteiger partial charge in [-0.3, -0.25) is 37.3 Å². The molecular weight excluding hydrogens is 1250 g/mol. The van der Waals surface area contributed by atoms with Crippen molar-refractivity contribution in [2.75, 3.05) is 39.6 Å². The molecule has 0 amide bonds. The summed E-state index contributed by atoms with van der Waals surface area (Å²) < 4.78 is 68.4. The number of ether oxygens (including phenoxy) is 4. The Kier molecular flexibility index (Phi) is 67.7. The van der Waals surface area contributed by atoms with Crippen LogP contribution in [0.2, 0.25) is 0 Å². The highest BCUT2D eigenvalue weighted by Gasteiger charge is 2.30. The number of esters is 4. The van der Waals surface area contributed by atoms with Gasteiger partial charge in [0.2, 0.25) is 0 Å². The van der Waals surface area contributed by atoms with Gasteiger partial charge in [0.15, 0.2) is 12.2 Å². The lowest BCUT2D eigenvalue weighted by Gasteiger charge is -2.21. The van der Waals surface area contributed by atoms with Gasteiger partial charge >= 0.3 is 39.5 Å². The van der Waals surface area contributed by atoms with Crippen LogP contribution < -0.4 is 0 Å². The van der Waals surface area contributed by atoms with Gasteiger partial charge in [0, 0.05) is 25.7 Å². The molecule has 564 valence electrons. The normalized spacial score (nSPS) is 13.9. The highest BCUT2D eigenvalue weighted by atomic mass is 31.2. The van der Waals surface area contributed by atoms with Gasteiger partial charge in [-0.15, -0.1) is 0 Å². The van der Waals surface area contributed by atoms with Crippen molar-refractivity contribution >= 4 is 39.5 Å². The Morgan fingerprint density at radius 3 is 0.716 bits per heavy atom. The van der Waals surface area contributed by atoms with Crippen LogP contribution in [0.15, 0.2) is 0 Å². The summed E-state index contributed by atoms with van der Waals surface area (Å²) in [6.07, 6.45) is 58.3. The molecule has 0 aliphatic rings. The molecule has 0 bridgehead atoms. The molecule has 0 spiro atoms. The van der Waals surface area contributed by atoms with Crippen molar-refractivity contribution in [3.63, 3.8) is 0 Å². The zero-order valence-corrected chi connectivity index (χ0v) is 63.6. The van der Waals surface area contributed by atoms with Gasteiger partial charge in [0.25, 0.3) is 0 Å². The molecule has 0 aromatic heterocycles. The fourth-order valence-electron chi connectivity index (χ4n) is 11.7. The minimum atomic E-state index is -4.96. The third kappa shape index (κ3) is 70.3. The van der Waals surface area contributed by atoms with E-state index in [9.17, 15) is 43.2 Å². The Morgan fingerprint density at radius 1 is 0.284 bits per heavy atom. The molecule has 5 atom stereocenters. The van der Waals surface area contributed by atoms with E-state index < -0.39 is 97.5 Å². The third-order valence-corrected chi connectivity index (χ3v) is 19.7. The standard InChI is InChI=1S/C76H148O17P2/c1-6-9-12-15-18-20-22-24-26-27-28-29-33-38-42-47-52-57-62-76(81)93-72(66-87-74(79)60-55-50-45-40-36-34-30-31-35-39-44-48-53-58-69(4)5)68-91-95(84,85)89-64-70(77)63-88-94(82,83)90-67-71(65-86-73(78)59-54-49-43-17-14-11-8-3)92-75(80)61-56-51-46-41-37-32-25-23-21-19-16-13-10-7-2/h69-72,77H,6-68H2,1-5H3,(H,82,83)(H,84,85)/t70-,71+,72+/m0/s1. The first-order valence-electron chi connectivity index (χ1n) is 39.6. The van der Waals surface area contributed by atoms with Crippen LogP contribution >= 0.6 is 15.6 Å². The number of phosphoric acid groups is 2. The average molecular weight is 1400 g/mol.